The fraction of sp³-hybridized carbons (Fsp3) is 0.400. The Labute approximate surface area is 129 Å². The quantitative estimate of drug-likeness (QED) is 0.787. The van der Waals surface area contributed by atoms with Crippen LogP contribution >= 0.6 is 0 Å². The summed E-state index contributed by atoms with van der Waals surface area (Å²) in [5.74, 6) is -0.0552. The van der Waals surface area contributed by atoms with Gasteiger partial charge in [0.15, 0.2) is 0 Å². The summed E-state index contributed by atoms with van der Waals surface area (Å²) in [6.07, 6.45) is 3.99. The number of amides is 1. The lowest BCUT2D eigenvalue weighted by Gasteiger charge is -2.11. The first-order chi connectivity index (χ1) is 10.6. The lowest BCUT2D eigenvalue weighted by atomic mass is 10.00. The summed E-state index contributed by atoms with van der Waals surface area (Å²) in [6, 6.07) is 3.35. The molecule has 1 saturated heterocycles. The monoisotopic (exact) mass is 300 g/mol. The Kier molecular flexibility index (Phi) is 3.91. The summed E-state index contributed by atoms with van der Waals surface area (Å²) in [4.78, 5) is 16.2. The average Bonchev–Trinajstić information content (AvgIpc) is 3.06. The number of carbonyl (C=O) groups excluding carboxylic acids is 1. The van der Waals surface area contributed by atoms with Gasteiger partial charge in [-0.25, -0.2) is 10.9 Å². The Morgan fingerprint density at radius 1 is 1.32 bits per heavy atom. The summed E-state index contributed by atoms with van der Waals surface area (Å²) >= 11 is 0. The van der Waals surface area contributed by atoms with Gasteiger partial charge in [0.25, 0.3) is 0 Å². The van der Waals surface area contributed by atoms with E-state index >= 15 is 0 Å². The Morgan fingerprint density at radius 3 is 2.68 bits per heavy atom. The van der Waals surface area contributed by atoms with Crippen molar-refractivity contribution in [3.8, 4) is 0 Å². The minimum atomic E-state index is -0.280. The zero-order valence-electron chi connectivity index (χ0n) is 12.9. The van der Waals surface area contributed by atoms with Crippen LogP contribution in [0.25, 0.3) is 0 Å². The minimum absolute atomic E-state index is 0.0552. The molecule has 0 bridgehead atoms. The van der Waals surface area contributed by atoms with Crippen LogP contribution in [0.15, 0.2) is 24.5 Å². The molecule has 0 saturated carbocycles. The van der Waals surface area contributed by atoms with Gasteiger partial charge in [0.2, 0.25) is 5.91 Å². The Balaban J connectivity index is 1.68. The first-order valence-corrected chi connectivity index (χ1v) is 7.28. The Morgan fingerprint density at radius 2 is 2.05 bits per heavy atom. The van der Waals surface area contributed by atoms with Crippen LogP contribution in [0.4, 0.5) is 5.69 Å². The fourth-order valence-corrected chi connectivity index (χ4v) is 2.88. The molecule has 0 aliphatic carbocycles. The molecule has 2 unspecified atom stereocenters. The predicted molar refractivity (Wildman–Crippen MR) is 83.0 cm³/mol. The summed E-state index contributed by atoms with van der Waals surface area (Å²) in [5, 5.41) is 7.32. The van der Waals surface area contributed by atoms with Crippen molar-refractivity contribution in [2.24, 2.45) is 7.05 Å². The number of pyridine rings is 1. The number of hydrogen-bond donors (Lipinski definition) is 3. The molecule has 1 aliphatic rings. The van der Waals surface area contributed by atoms with Gasteiger partial charge in [-0.3, -0.25) is 14.5 Å². The summed E-state index contributed by atoms with van der Waals surface area (Å²) in [5.41, 5.74) is 10.3. The molecule has 116 valence electrons. The van der Waals surface area contributed by atoms with Crippen molar-refractivity contribution < 1.29 is 4.79 Å². The molecule has 22 heavy (non-hydrogen) atoms. The van der Waals surface area contributed by atoms with E-state index in [1.54, 1.807) is 24.5 Å². The molecule has 1 aliphatic heterocycles. The molecular formula is C15H20N6O. The van der Waals surface area contributed by atoms with Gasteiger partial charge in [-0.15, -0.1) is 0 Å². The lowest BCUT2D eigenvalue weighted by molar-refractivity contribution is -0.117. The molecule has 2 atom stereocenters. The smallest absolute Gasteiger partial charge is 0.242 e. The molecule has 2 aromatic heterocycles. The van der Waals surface area contributed by atoms with E-state index in [4.69, 9.17) is 0 Å². The largest absolute Gasteiger partial charge is 0.325 e. The second-order valence-corrected chi connectivity index (χ2v) is 5.56. The van der Waals surface area contributed by atoms with E-state index in [0.29, 0.717) is 6.42 Å². The summed E-state index contributed by atoms with van der Waals surface area (Å²) in [6.45, 7) is 4.04. The second kappa shape index (κ2) is 5.86. The number of anilines is 1. The van der Waals surface area contributed by atoms with Gasteiger partial charge in [-0.1, -0.05) is 0 Å². The second-order valence-electron chi connectivity index (χ2n) is 5.56. The van der Waals surface area contributed by atoms with Crippen molar-refractivity contribution in [3.05, 3.63) is 41.5 Å². The maximum atomic E-state index is 12.3. The molecule has 1 amide bonds. The molecule has 2 aromatic rings. The molecule has 3 rings (SSSR count). The fourth-order valence-electron chi connectivity index (χ4n) is 2.88. The lowest BCUT2D eigenvalue weighted by Crippen LogP contribution is -2.39. The van der Waals surface area contributed by atoms with E-state index in [0.717, 1.165) is 22.6 Å². The number of aromatic nitrogens is 3. The zero-order valence-corrected chi connectivity index (χ0v) is 12.9. The van der Waals surface area contributed by atoms with Crippen LogP contribution in [-0.2, 0) is 11.8 Å². The SMILES string of the molecule is Cc1nn(C)c(C)c1C1CC(C(=O)Nc2ccncc2)NN1. The van der Waals surface area contributed by atoms with E-state index in [9.17, 15) is 4.79 Å². The minimum Gasteiger partial charge on any atom is -0.325 e. The number of carbonyl (C=O) groups is 1. The van der Waals surface area contributed by atoms with Gasteiger partial charge in [0.1, 0.15) is 6.04 Å². The molecule has 3 N–H and O–H groups in total. The van der Waals surface area contributed by atoms with Gasteiger partial charge in [-0.2, -0.15) is 5.10 Å². The third-order valence-corrected chi connectivity index (χ3v) is 4.08. The number of rotatable bonds is 3. The molecule has 3 heterocycles. The number of hydrogen-bond acceptors (Lipinski definition) is 5. The molecular weight excluding hydrogens is 280 g/mol. The topological polar surface area (TPSA) is 83.9 Å². The number of nitrogens with one attached hydrogen (secondary N) is 3. The molecule has 0 radical (unpaired) electrons. The highest BCUT2D eigenvalue weighted by Gasteiger charge is 2.32. The first kappa shape index (κ1) is 14.7. The highest BCUT2D eigenvalue weighted by atomic mass is 16.2. The molecule has 7 heteroatoms. The Bertz CT molecular complexity index is 681. The third-order valence-electron chi connectivity index (χ3n) is 4.08. The summed E-state index contributed by atoms with van der Waals surface area (Å²) in [7, 11) is 1.93. The summed E-state index contributed by atoms with van der Waals surface area (Å²) < 4.78 is 1.87. The van der Waals surface area contributed by atoms with E-state index in [1.165, 1.54) is 0 Å². The average molecular weight is 300 g/mol. The molecule has 7 nitrogen and oxygen atoms in total. The van der Waals surface area contributed by atoms with Gasteiger partial charge in [0.05, 0.1) is 11.7 Å². The molecule has 0 aromatic carbocycles. The van der Waals surface area contributed by atoms with Crippen molar-refractivity contribution >= 4 is 11.6 Å². The standard InChI is InChI=1S/C15H20N6O/c1-9-14(10(2)21(3)20-9)12-8-13(19-18-12)15(22)17-11-4-6-16-7-5-11/h4-7,12-13,18-19H,8H2,1-3H3,(H,16,17,22). The third kappa shape index (κ3) is 2.72. The van der Waals surface area contributed by atoms with Gasteiger partial charge >= 0.3 is 0 Å². The van der Waals surface area contributed by atoms with Gasteiger partial charge in [0, 0.05) is 36.4 Å². The Hall–Kier alpha value is -2.25. The van der Waals surface area contributed by atoms with Crippen LogP contribution in [0.2, 0.25) is 0 Å². The van der Waals surface area contributed by atoms with Crippen molar-refractivity contribution in [2.75, 3.05) is 5.32 Å². The van der Waals surface area contributed by atoms with E-state index < -0.39 is 0 Å². The highest BCUT2D eigenvalue weighted by molar-refractivity contribution is 5.94. The highest BCUT2D eigenvalue weighted by Crippen LogP contribution is 2.27. The van der Waals surface area contributed by atoms with E-state index in [2.05, 4.69) is 26.3 Å². The number of aryl methyl sites for hydroxylation is 2. The van der Waals surface area contributed by atoms with Crippen molar-refractivity contribution in [1.29, 1.82) is 0 Å². The van der Waals surface area contributed by atoms with Gasteiger partial charge < -0.3 is 5.32 Å². The van der Waals surface area contributed by atoms with Crippen molar-refractivity contribution in [2.45, 2.75) is 32.4 Å². The van der Waals surface area contributed by atoms with Crippen LogP contribution in [-0.4, -0.2) is 26.7 Å². The van der Waals surface area contributed by atoms with E-state index in [1.807, 2.05) is 25.6 Å². The van der Waals surface area contributed by atoms with Crippen LogP contribution < -0.4 is 16.2 Å². The van der Waals surface area contributed by atoms with Crippen LogP contribution in [0.3, 0.4) is 0 Å². The maximum absolute atomic E-state index is 12.3. The first-order valence-electron chi connectivity index (χ1n) is 7.28. The normalized spacial score (nSPS) is 21.0. The number of hydrazine groups is 1. The van der Waals surface area contributed by atoms with Crippen molar-refractivity contribution in [1.82, 2.24) is 25.6 Å². The van der Waals surface area contributed by atoms with Crippen molar-refractivity contribution in [3.63, 3.8) is 0 Å². The van der Waals surface area contributed by atoms with Crippen LogP contribution in [0, 0.1) is 13.8 Å². The van der Waals surface area contributed by atoms with Crippen LogP contribution in [0.1, 0.15) is 29.4 Å². The van der Waals surface area contributed by atoms with E-state index in [-0.39, 0.29) is 18.0 Å². The molecule has 1 fully saturated rings. The molecule has 0 spiro atoms. The number of nitrogens with zero attached hydrogens (tertiary/aromatic N) is 3. The van der Waals surface area contributed by atoms with Crippen LogP contribution in [0.5, 0.6) is 0 Å². The maximum Gasteiger partial charge on any atom is 0.242 e. The predicted octanol–water partition coefficient (Wildman–Crippen LogP) is 0.978. The van der Waals surface area contributed by atoms with Gasteiger partial charge in [-0.05, 0) is 32.4 Å². The zero-order chi connectivity index (χ0) is 15.7.